The zero-order chi connectivity index (χ0) is 11.5. The molecule has 1 aromatic carbocycles. The van der Waals surface area contributed by atoms with Crippen LogP contribution in [0.1, 0.15) is 12.5 Å². The van der Waals surface area contributed by atoms with Crippen molar-refractivity contribution in [3.05, 3.63) is 27.3 Å². The number of benzene rings is 1. The summed E-state index contributed by atoms with van der Waals surface area (Å²) >= 11 is 2.39. The van der Waals surface area contributed by atoms with Crippen molar-refractivity contribution < 1.29 is 0 Å². The van der Waals surface area contributed by atoms with Gasteiger partial charge in [0.2, 0.25) is 0 Å². The normalized spacial score (nSPS) is 17.8. The zero-order valence-electron chi connectivity index (χ0n) is 10.0. The summed E-state index contributed by atoms with van der Waals surface area (Å²) in [7, 11) is 2.20. The first kappa shape index (κ1) is 12.2. The van der Waals surface area contributed by atoms with Crippen molar-refractivity contribution in [2.45, 2.75) is 13.3 Å². The van der Waals surface area contributed by atoms with Gasteiger partial charge in [0, 0.05) is 35.4 Å². The molecule has 0 radical (unpaired) electrons. The first-order chi connectivity index (χ1) is 7.70. The van der Waals surface area contributed by atoms with Crippen molar-refractivity contribution in [1.29, 1.82) is 0 Å². The number of rotatable bonds is 2. The molecule has 1 aliphatic heterocycles. The van der Waals surface area contributed by atoms with E-state index in [1.807, 2.05) is 0 Å². The highest BCUT2D eigenvalue weighted by Crippen LogP contribution is 2.24. The summed E-state index contributed by atoms with van der Waals surface area (Å²) in [5.41, 5.74) is 2.92. The van der Waals surface area contributed by atoms with Crippen molar-refractivity contribution >= 4 is 28.3 Å². The van der Waals surface area contributed by atoms with Crippen LogP contribution in [0.4, 0.5) is 5.69 Å². The van der Waals surface area contributed by atoms with Crippen LogP contribution in [0.15, 0.2) is 18.2 Å². The second kappa shape index (κ2) is 5.36. The molecule has 0 unspecified atom stereocenters. The Bertz CT molecular complexity index is 357. The molecular weight excluding hydrogens is 311 g/mol. The van der Waals surface area contributed by atoms with Crippen LogP contribution in [0, 0.1) is 3.57 Å². The van der Waals surface area contributed by atoms with Crippen LogP contribution in [0.25, 0.3) is 0 Å². The fourth-order valence-electron chi connectivity index (χ4n) is 2.19. The quantitative estimate of drug-likeness (QED) is 0.769. The molecule has 2 nitrogen and oxygen atoms in total. The van der Waals surface area contributed by atoms with E-state index in [1.165, 1.54) is 27.9 Å². The lowest BCUT2D eigenvalue weighted by atomic mass is 10.1. The monoisotopic (exact) mass is 330 g/mol. The van der Waals surface area contributed by atoms with Gasteiger partial charge in [-0.1, -0.05) is 6.92 Å². The number of likely N-dealkylation sites (N-methyl/N-ethyl adjacent to an activating group) is 1. The molecule has 0 amide bonds. The van der Waals surface area contributed by atoms with Crippen LogP contribution < -0.4 is 4.90 Å². The van der Waals surface area contributed by atoms with E-state index in [0.29, 0.717) is 0 Å². The highest BCUT2D eigenvalue weighted by atomic mass is 127. The standard InChI is InChI=1S/C13H19IN2/c1-3-11-10-12(14)4-5-13(11)16-8-6-15(2)7-9-16/h4-5,10H,3,6-9H2,1-2H3. The van der Waals surface area contributed by atoms with Crippen molar-refractivity contribution in [1.82, 2.24) is 4.90 Å². The highest BCUT2D eigenvalue weighted by Gasteiger charge is 2.16. The van der Waals surface area contributed by atoms with Crippen molar-refractivity contribution in [2.75, 3.05) is 38.1 Å². The fourth-order valence-corrected chi connectivity index (χ4v) is 2.75. The van der Waals surface area contributed by atoms with Gasteiger partial charge >= 0.3 is 0 Å². The van der Waals surface area contributed by atoms with Crippen molar-refractivity contribution in [2.24, 2.45) is 0 Å². The van der Waals surface area contributed by atoms with Crippen LogP contribution in [0.3, 0.4) is 0 Å². The molecule has 1 aromatic rings. The average Bonchev–Trinajstić information content (AvgIpc) is 2.30. The number of aryl methyl sites for hydroxylation is 1. The van der Waals surface area contributed by atoms with Gasteiger partial charge in [-0.15, -0.1) is 0 Å². The van der Waals surface area contributed by atoms with E-state index in [-0.39, 0.29) is 0 Å². The minimum absolute atomic E-state index is 1.12. The molecule has 1 fully saturated rings. The summed E-state index contributed by atoms with van der Waals surface area (Å²) in [5, 5.41) is 0. The first-order valence-electron chi connectivity index (χ1n) is 5.92. The molecule has 1 saturated heterocycles. The maximum atomic E-state index is 2.52. The average molecular weight is 330 g/mol. The lowest BCUT2D eigenvalue weighted by Crippen LogP contribution is -2.44. The molecule has 1 aliphatic rings. The number of anilines is 1. The van der Waals surface area contributed by atoms with Crippen LogP contribution >= 0.6 is 22.6 Å². The maximum Gasteiger partial charge on any atom is 0.0400 e. The Morgan fingerprint density at radius 2 is 1.88 bits per heavy atom. The van der Waals surface area contributed by atoms with Gasteiger partial charge in [-0.3, -0.25) is 0 Å². The third kappa shape index (κ3) is 2.69. The predicted octanol–water partition coefficient (Wildman–Crippen LogP) is 2.61. The van der Waals surface area contributed by atoms with E-state index in [4.69, 9.17) is 0 Å². The Kier molecular flexibility index (Phi) is 4.08. The van der Waals surface area contributed by atoms with E-state index in [9.17, 15) is 0 Å². The lowest BCUT2D eigenvalue weighted by molar-refractivity contribution is 0.312. The molecule has 0 bridgehead atoms. The smallest absolute Gasteiger partial charge is 0.0400 e. The van der Waals surface area contributed by atoms with Crippen LogP contribution in [0.2, 0.25) is 0 Å². The Labute approximate surface area is 112 Å². The van der Waals surface area contributed by atoms with E-state index in [1.54, 1.807) is 0 Å². The summed E-state index contributed by atoms with van der Waals surface area (Å²) in [6.45, 7) is 6.91. The van der Waals surface area contributed by atoms with E-state index >= 15 is 0 Å². The molecule has 0 aromatic heterocycles. The Morgan fingerprint density at radius 3 is 2.50 bits per heavy atom. The molecular formula is C13H19IN2. The van der Waals surface area contributed by atoms with Gasteiger partial charge in [-0.2, -0.15) is 0 Å². The van der Waals surface area contributed by atoms with E-state index < -0.39 is 0 Å². The molecule has 3 heteroatoms. The summed E-state index contributed by atoms with van der Waals surface area (Å²) < 4.78 is 1.34. The van der Waals surface area contributed by atoms with Crippen LogP contribution in [0.5, 0.6) is 0 Å². The van der Waals surface area contributed by atoms with Gasteiger partial charge in [0.05, 0.1) is 0 Å². The van der Waals surface area contributed by atoms with E-state index in [0.717, 1.165) is 19.5 Å². The van der Waals surface area contributed by atoms with Crippen LogP contribution in [-0.4, -0.2) is 38.1 Å². The number of nitrogens with zero attached hydrogens (tertiary/aromatic N) is 2. The maximum absolute atomic E-state index is 2.52. The third-order valence-electron chi connectivity index (χ3n) is 3.27. The molecule has 0 saturated carbocycles. The molecule has 0 aliphatic carbocycles. The topological polar surface area (TPSA) is 6.48 Å². The Balaban J connectivity index is 2.19. The number of hydrogen-bond acceptors (Lipinski definition) is 2. The molecule has 16 heavy (non-hydrogen) atoms. The number of piperazine rings is 1. The van der Waals surface area contributed by atoms with Gasteiger partial charge in [0.25, 0.3) is 0 Å². The minimum atomic E-state index is 1.12. The minimum Gasteiger partial charge on any atom is -0.369 e. The molecule has 0 spiro atoms. The molecule has 0 N–H and O–H groups in total. The van der Waals surface area contributed by atoms with Gasteiger partial charge < -0.3 is 9.80 Å². The first-order valence-corrected chi connectivity index (χ1v) is 7.00. The molecule has 1 heterocycles. The van der Waals surface area contributed by atoms with Crippen molar-refractivity contribution in [3.8, 4) is 0 Å². The SMILES string of the molecule is CCc1cc(I)ccc1N1CCN(C)CC1. The predicted molar refractivity (Wildman–Crippen MR) is 78.2 cm³/mol. The fraction of sp³-hybridized carbons (Fsp3) is 0.538. The number of halogens is 1. The lowest BCUT2D eigenvalue weighted by Gasteiger charge is -2.35. The Morgan fingerprint density at radius 1 is 1.19 bits per heavy atom. The highest BCUT2D eigenvalue weighted by molar-refractivity contribution is 14.1. The number of hydrogen-bond donors (Lipinski definition) is 0. The Hall–Kier alpha value is -0.290. The zero-order valence-corrected chi connectivity index (χ0v) is 12.2. The van der Waals surface area contributed by atoms with Gasteiger partial charge in [-0.25, -0.2) is 0 Å². The second-order valence-corrected chi connectivity index (χ2v) is 5.66. The summed E-state index contributed by atoms with van der Waals surface area (Å²) in [4.78, 5) is 4.92. The summed E-state index contributed by atoms with van der Waals surface area (Å²) in [6.07, 6.45) is 1.12. The van der Waals surface area contributed by atoms with Gasteiger partial charge in [0.1, 0.15) is 0 Å². The summed E-state index contributed by atoms with van der Waals surface area (Å²) in [6, 6.07) is 6.81. The molecule has 0 atom stereocenters. The molecule has 2 rings (SSSR count). The van der Waals surface area contributed by atoms with E-state index in [2.05, 4.69) is 64.6 Å². The van der Waals surface area contributed by atoms with Gasteiger partial charge in [-0.05, 0) is 59.8 Å². The molecule has 88 valence electrons. The van der Waals surface area contributed by atoms with Gasteiger partial charge in [0.15, 0.2) is 0 Å². The second-order valence-electron chi connectivity index (χ2n) is 4.42. The van der Waals surface area contributed by atoms with Crippen molar-refractivity contribution in [3.63, 3.8) is 0 Å². The summed E-state index contributed by atoms with van der Waals surface area (Å²) in [5.74, 6) is 0. The largest absolute Gasteiger partial charge is 0.369 e. The van der Waals surface area contributed by atoms with Crippen LogP contribution in [-0.2, 0) is 6.42 Å². The third-order valence-corrected chi connectivity index (χ3v) is 3.94.